The van der Waals surface area contributed by atoms with Gasteiger partial charge in [0.05, 0.1) is 19.1 Å². The summed E-state index contributed by atoms with van der Waals surface area (Å²) in [5.41, 5.74) is 0. The topological polar surface area (TPSA) is 70.7 Å². The standard InChI is InChI=1S/C13H23N3O3.ClH/c17-12(16-6-8-19-9-7-16)3-5-15-13(18)11-2-1-4-14-10-11;/h11,14H,1-10H2,(H,15,18);1H. The third kappa shape index (κ3) is 5.26. The number of hydrogen-bond donors (Lipinski definition) is 2. The van der Waals surface area contributed by atoms with Crippen LogP contribution < -0.4 is 10.6 Å². The van der Waals surface area contributed by atoms with Crippen LogP contribution in [-0.4, -0.2) is 62.7 Å². The minimum absolute atomic E-state index is 0. The lowest BCUT2D eigenvalue weighted by Crippen LogP contribution is -2.43. The molecule has 2 heterocycles. The Balaban J connectivity index is 0.00000200. The van der Waals surface area contributed by atoms with Crippen LogP contribution in [0.15, 0.2) is 0 Å². The Morgan fingerprint density at radius 3 is 2.70 bits per heavy atom. The maximum atomic E-state index is 11.9. The van der Waals surface area contributed by atoms with Gasteiger partial charge in [0.25, 0.3) is 0 Å². The van der Waals surface area contributed by atoms with E-state index in [4.69, 9.17) is 4.74 Å². The number of rotatable bonds is 4. The lowest BCUT2D eigenvalue weighted by Gasteiger charge is -2.27. The van der Waals surface area contributed by atoms with Gasteiger partial charge in [-0.15, -0.1) is 12.4 Å². The fourth-order valence-electron chi connectivity index (χ4n) is 2.48. The molecule has 0 spiro atoms. The number of carbonyl (C=O) groups excluding carboxylic acids is 2. The highest BCUT2D eigenvalue weighted by Gasteiger charge is 2.21. The molecule has 20 heavy (non-hydrogen) atoms. The molecule has 0 aromatic heterocycles. The van der Waals surface area contributed by atoms with Crippen LogP contribution >= 0.6 is 12.4 Å². The van der Waals surface area contributed by atoms with E-state index in [2.05, 4.69) is 10.6 Å². The third-order valence-electron chi connectivity index (χ3n) is 3.67. The minimum atomic E-state index is 0. The molecule has 0 saturated carbocycles. The minimum Gasteiger partial charge on any atom is -0.378 e. The third-order valence-corrected chi connectivity index (χ3v) is 3.67. The van der Waals surface area contributed by atoms with Gasteiger partial charge in [0.2, 0.25) is 11.8 Å². The second-order valence-electron chi connectivity index (χ2n) is 5.08. The normalized spacial score (nSPS) is 22.8. The van der Waals surface area contributed by atoms with Gasteiger partial charge in [-0.1, -0.05) is 0 Å². The van der Waals surface area contributed by atoms with Crippen LogP contribution in [0.4, 0.5) is 0 Å². The molecule has 0 aromatic rings. The Labute approximate surface area is 126 Å². The van der Waals surface area contributed by atoms with Crippen molar-refractivity contribution in [3.8, 4) is 0 Å². The van der Waals surface area contributed by atoms with Crippen molar-refractivity contribution in [2.45, 2.75) is 19.3 Å². The summed E-state index contributed by atoms with van der Waals surface area (Å²) in [6, 6.07) is 0. The molecule has 2 saturated heterocycles. The van der Waals surface area contributed by atoms with Crippen molar-refractivity contribution in [1.29, 1.82) is 0 Å². The van der Waals surface area contributed by atoms with Crippen LogP contribution in [0.1, 0.15) is 19.3 Å². The van der Waals surface area contributed by atoms with Crippen LogP contribution in [0.3, 0.4) is 0 Å². The molecule has 1 unspecified atom stereocenters. The maximum absolute atomic E-state index is 11.9. The molecule has 0 bridgehead atoms. The summed E-state index contributed by atoms with van der Waals surface area (Å²) in [4.78, 5) is 25.5. The maximum Gasteiger partial charge on any atom is 0.224 e. The van der Waals surface area contributed by atoms with Crippen LogP contribution in [0.2, 0.25) is 0 Å². The molecule has 2 rings (SSSR count). The van der Waals surface area contributed by atoms with Gasteiger partial charge in [0.15, 0.2) is 0 Å². The number of hydrogen-bond acceptors (Lipinski definition) is 4. The van der Waals surface area contributed by atoms with Crippen molar-refractivity contribution in [3.63, 3.8) is 0 Å². The molecule has 0 aromatic carbocycles. The van der Waals surface area contributed by atoms with Crippen molar-refractivity contribution in [3.05, 3.63) is 0 Å². The van der Waals surface area contributed by atoms with Gasteiger partial charge in [0, 0.05) is 32.6 Å². The largest absolute Gasteiger partial charge is 0.378 e. The molecular weight excluding hydrogens is 282 g/mol. The van der Waals surface area contributed by atoms with Gasteiger partial charge in [-0.2, -0.15) is 0 Å². The highest BCUT2D eigenvalue weighted by Crippen LogP contribution is 2.09. The molecule has 2 N–H and O–H groups in total. The van der Waals surface area contributed by atoms with Gasteiger partial charge in [-0.25, -0.2) is 0 Å². The number of morpholine rings is 1. The Bertz CT molecular complexity index is 286. The lowest BCUT2D eigenvalue weighted by atomic mass is 9.99. The molecule has 116 valence electrons. The Morgan fingerprint density at radius 1 is 1.30 bits per heavy atom. The van der Waals surface area contributed by atoms with Gasteiger partial charge in [0.1, 0.15) is 0 Å². The highest BCUT2D eigenvalue weighted by atomic mass is 35.5. The zero-order valence-electron chi connectivity index (χ0n) is 11.7. The summed E-state index contributed by atoms with van der Waals surface area (Å²) in [7, 11) is 0. The predicted octanol–water partition coefficient (Wildman–Crippen LogP) is -0.227. The number of amides is 2. The van der Waals surface area contributed by atoms with E-state index in [9.17, 15) is 9.59 Å². The Morgan fingerprint density at radius 2 is 2.05 bits per heavy atom. The fraction of sp³-hybridized carbons (Fsp3) is 0.846. The first-order chi connectivity index (χ1) is 9.27. The van der Waals surface area contributed by atoms with Gasteiger partial charge in [-0.05, 0) is 19.4 Å². The molecule has 2 aliphatic heterocycles. The van der Waals surface area contributed by atoms with Crippen molar-refractivity contribution >= 4 is 24.2 Å². The van der Waals surface area contributed by atoms with Gasteiger partial charge >= 0.3 is 0 Å². The van der Waals surface area contributed by atoms with Crippen LogP contribution in [-0.2, 0) is 14.3 Å². The zero-order valence-corrected chi connectivity index (χ0v) is 12.5. The first-order valence-corrected chi connectivity index (χ1v) is 7.11. The smallest absolute Gasteiger partial charge is 0.224 e. The number of carbonyl (C=O) groups is 2. The zero-order chi connectivity index (χ0) is 13.5. The SMILES string of the molecule is Cl.O=C(NCCC(=O)N1CCOCC1)C1CCCNC1. The predicted molar refractivity (Wildman–Crippen MR) is 77.9 cm³/mol. The van der Waals surface area contributed by atoms with E-state index < -0.39 is 0 Å². The lowest BCUT2D eigenvalue weighted by molar-refractivity contribution is -0.135. The highest BCUT2D eigenvalue weighted by molar-refractivity contribution is 5.85. The van der Waals surface area contributed by atoms with Crippen LogP contribution in [0.5, 0.6) is 0 Å². The van der Waals surface area contributed by atoms with E-state index in [0.717, 1.165) is 25.9 Å². The molecule has 2 fully saturated rings. The monoisotopic (exact) mass is 305 g/mol. The second kappa shape index (κ2) is 9.15. The van der Waals surface area contributed by atoms with Crippen molar-refractivity contribution in [2.24, 2.45) is 5.92 Å². The summed E-state index contributed by atoms with van der Waals surface area (Å²) in [6.07, 6.45) is 2.37. The van der Waals surface area contributed by atoms with Gasteiger partial charge < -0.3 is 20.3 Å². The molecule has 2 aliphatic rings. The summed E-state index contributed by atoms with van der Waals surface area (Å²) in [5.74, 6) is 0.236. The summed E-state index contributed by atoms with van der Waals surface area (Å²) in [5, 5.41) is 6.08. The van der Waals surface area contributed by atoms with E-state index in [1.54, 1.807) is 4.90 Å². The van der Waals surface area contributed by atoms with E-state index in [0.29, 0.717) is 39.3 Å². The number of ether oxygens (including phenoxy) is 1. The van der Waals surface area contributed by atoms with Crippen LogP contribution in [0.25, 0.3) is 0 Å². The fourth-order valence-corrected chi connectivity index (χ4v) is 2.48. The molecule has 2 amide bonds. The molecule has 0 radical (unpaired) electrons. The van der Waals surface area contributed by atoms with Crippen molar-refractivity contribution in [2.75, 3.05) is 45.9 Å². The first kappa shape index (κ1) is 17.2. The Hall–Kier alpha value is -0.850. The summed E-state index contributed by atoms with van der Waals surface area (Å²) < 4.78 is 5.20. The quantitative estimate of drug-likeness (QED) is 0.753. The Kier molecular flexibility index (Phi) is 7.87. The van der Waals surface area contributed by atoms with E-state index in [-0.39, 0.29) is 30.1 Å². The van der Waals surface area contributed by atoms with Crippen molar-refractivity contribution < 1.29 is 14.3 Å². The second-order valence-corrected chi connectivity index (χ2v) is 5.08. The van der Waals surface area contributed by atoms with E-state index in [1.807, 2.05) is 0 Å². The number of nitrogens with zero attached hydrogens (tertiary/aromatic N) is 1. The molecular formula is C13H24ClN3O3. The van der Waals surface area contributed by atoms with E-state index in [1.165, 1.54) is 0 Å². The number of halogens is 1. The molecule has 0 aliphatic carbocycles. The first-order valence-electron chi connectivity index (χ1n) is 7.11. The van der Waals surface area contributed by atoms with E-state index >= 15 is 0 Å². The average molecular weight is 306 g/mol. The number of nitrogens with one attached hydrogen (secondary N) is 2. The summed E-state index contributed by atoms with van der Waals surface area (Å²) in [6.45, 7) is 4.75. The van der Waals surface area contributed by atoms with Crippen LogP contribution in [0, 0.1) is 5.92 Å². The molecule has 1 atom stereocenters. The number of piperidine rings is 1. The summed E-state index contributed by atoms with van der Waals surface area (Å²) >= 11 is 0. The molecule has 6 nitrogen and oxygen atoms in total. The van der Waals surface area contributed by atoms with Crippen molar-refractivity contribution in [1.82, 2.24) is 15.5 Å². The van der Waals surface area contributed by atoms with Gasteiger partial charge in [-0.3, -0.25) is 9.59 Å². The molecule has 7 heteroatoms. The average Bonchev–Trinajstić information content (AvgIpc) is 2.49.